The fourth-order valence-electron chi connectivity index (χ4n) is 10.7. The van der Waals surface area contributed by atoms with Crippen LogP contribution in [-0.2, 0) is 32.5 Å². The molecule has 9 rings (SSSR count). The van der Waals surface area contributed by atoms with E-state index >= 15 is 0 Å². The summed E-state index contributed by atoms with van der Waals surface area (Å²) in [5.74, 6) is 4.15. The first-order valence-electron chi connectivity index (χ1n) is 25.1. The lowest BCUT2D eigenvalue weighted by molar-refractivity contribution is 0.329. The van der Waals surface area contributed by atoms with Gasteiger partial charge in [-0.15, -0.1) is 0 Å². The SMILES string of the molecule is CCC(C)(C)c1ccc(N2C(Oc3ccc4c(c3)C(C)(C)CCC4(C)C)=CB3c4cc(C(C)(C)C)ccc4N(c4ccc(C(C)(C)C)cc4-c4ccccc4)c4cc(C(C)(C)C)cc2c43)cc1. The highest BCUT2D eigenvalue weighted by atomic mass is 16.5. The normalized spacial score (nSPS) is 16.5. The minimum atomic E-state index is -0.152. The second-order valence-corrected chi connectivity index (χ2v) is 25.1. The van der Waals surface area contributed by atoms with Gasteiger partial charge in [0.25, 0.3) is 0 Å². The van der Waals surface area contributed by atoms with Crippen LogP contribution in [0.25, 0.3) is 11.1 Å². The lowest BCUT2D eigenvalue weighted by atomic mass is 9.37. The number of nitrogens with zero attached hydrogens (tertiary/aromatic N) is 2. The minimum absolute atomic E-state index is 0.0204. The highest BCUT2D eigenvalue weighted by Crippen LogP contribution is 2.50. The Balaban J connectivity index is 1.36. The molecule has 0 unspecified atom stereocenters. The zero-order chi connectivity index (χ0) is 48.2. The van der Waals surface area contributed by atoms with E-state index in [-0.39, 0.29) is 39.2 Å². The Morgan fingerprint density at radius 1 is 0.522 bits per heavy atom. The van der Waals surface area contributed by atoms with Crippen molar-refractivity contribution >= 4 is 46.1 Å². The van der Waals surface area contributed by atoms with Gasteiger partial charge >= 0.3 is 0 Å². The van der Waals surface area contributed by atoms with Crippen molar-refractivity contribution in [3.63, 3.8) is 0 Å². The van der Waals surface area contributed by atoms with E-state index in [1.165, 1.54) is 78.9 Å². The molecule has 3 aliphatic rings. The molecule has 4 heteroatoms. The molecule has 0 aromatic heterocycles. The Kier molecular flexibility index (Phi) is 11.2. The summed E-state index contributed by atoms with van der Waals surface area (Å²) in [6, 6.07) is 46.7. The molecule has 0 amide bonds. The Morgan fingerprint density at radius 3 is 1.67 bits per heavy atom. The fourth-order valence-corrected chi connectivity index (χ4v) is 10.7. The molecule has 0 spiro atoms. The smallest absolute Gasteiger partial charge is 0.248 e. The predicted octanol–water partition coefficient (Wildman–Crippen LogP) is 16.3. The van der Waals surface area contributed by atoms with Crippen molar-refractivity contribution in [3.05, 3.63) is 167 Å². The fraction of sp³-hybridized carbons (Fsp3) is 0.397. The average molecular weight is 887 g/mol. The average Bonchev–Trinajstić information content (AvgIpc) is 3.27. The summed E-state index contributed by atoms with van der Waals surface area (Å²) in [6.45, 7) is 37.5. The van der Waals surface area contributed by atoms with Gasteiger partial charge in [-0.3, -0.25) is 4.90 Å². The van der Waals surface area contributed by atoms with Crippen LogP contribution in [0.4, 0.5) is 28.4 Å². The Hall–Kier alpha value is -5.48. The van der Waals surface area contributed by atoms with E-state index in [1.54, 1.807) is 0 Å². The number of hydrogen-bond acceptors (Lipinski definition) is 3. The molecule has 0 saturated carbocycles. The van der Waals surface area contributed by atoms with Gasteiger partial charge in [-0.1, -0.05) is 178 Å². The largest absolute Gasteiger partial charge is 0.442 e. The lowest BCUT2D eigenvalue weighted by Crippen LogP contribution is -2.54. The first-order valence-corrected chi connectivity index (χ1v) is 25.1. The number of benzene rings is 6. The second kappa shape index (κ2) is 16.1. The molecule has 2 aliphatic heterocycles. The van der Waals surface area contributed by atoms with E-state index in [1.807, 2.05) is 0 Å². The Morgan fingerprint density at radius 2 is 1.07 bits per heavy atom. The molecular formula is C63H75BN2O. The molecule has 6 aromatic carbocycles. The van der Waals surface area contributed by atoms with Gasteiger partial charge < -0.3 is 9.64 Å². The zero-order valence-electron chi connectivity index (χ0n) is 43.6. The van der Waals surface area contributed by atoms with Crippen LogP contribution in [0.5, 0.6) is 5.75 Å². The number of hydrogen-bond donors (Lipinski definition) is 0. The molecular weight excluding hydrogens is 812 g/mol. The number of fused-ring (bicyclic) bond motifs is 3. The van der Waals surface area contributed by atoms with Gasteiger partial charge in [0.2, 0.25) is 6.71 Å². The highest BCUT2D eigenvalue weighted by molar-refractivity contribution is 6.93. The van der Waals surface area contributed by atoms with Crippen LogP contribution >= 0.6 is 0 Å². The molecule has 3 nitrogen and oxygen atoms in total. The van der Waals surface area contributed by atoms with Crippen LogP contribution in [0.2, 0.25) is 0 Å². The summed E-state index contributed by atoms with van der Waals surface area (Å²) >= 11 is 0. The van der Waals surface area contributed by atoms with E-state index in [0.717, 1.165) is 35.8 Å². The predicted molar refractivity (Wildman–Crippen MR) is 290 cm³/mol. The third-order valence-corrected chi connectivity index (χ3v) is 15.8. The third kappa shape index (κ3) is 8.35. The van der Waals surface area contributed by atoms with Gasteiger partial charge in [0, 0.05) is 28.3 Å². The topological polar surface area (TPSA) is 15.7 Å². The summed E-state index contributed by atoms with van der Waals surface area (Å²) in [4.78, 5) is 5.03. The molecule has 1 aliphatic carbocycles. The second-order valence-electron chi connectivity index (χ2n) is 25.1. The van der Waals surface area contributed by atoms with Crippen LogP contribution < -0.4 is 25.5 Å². The van der Waals surface area contributed by atoms with Crippen molar-refractivity contribution in [1.29, 1.82) is 0 Å². The minimum Gasteiger partial charge on any atom is -0.442 e. The summed E-state index contributed by atoms with van der Waals surface area (Å²) in [5, 5.41) is 0. The maximum absolute atomic E-state index is 7.47. The van der Waals surface area contributed by atoms with E-state index < -0.39 is 0 Å². The van der Waals surface area contributed by atoms with Crippen LogP contribution in [0.1, 0.15) is 163 Å². The van der Waals surface area contributed by atoms with E-state index in [2.05, 4.69) is 248 Å². The van der Waals surface area contributed by atoms with Gasteiger partial charge in [0.05, 0.1) is 5.69 Å². The van der Waals surface area contributed by atoms with Crippen LogP contribution in [0.3, 0.4) is 0 Å². The maximum atomic E-state index is 7.47. The van der Waals surface area contributed by atoms with Crippen molar-refractivity contribution in [2.24, 2.45) is 0 Å². The quantitative estimate of drug-likeness (QED) is 0.149. The molecule has 0 bridgehead atoms. The standard InChI is InChI=1S/C63H75BN2O/c1-17-61(11,12)42-23-27-46(28-24-42)65-54-37-45(60(8,9)10)38-55-57(54)64(40-56(65)67-47-29-30-49-50(39-47)63(15,16)34-33-62(49,13)14)51-36-44(59(5,6)7)26-32-53(51)66(55)52-31-25-43(58(2,3)4)35-48(52)41-21-19-18-20-22-41/h18-32,35-40H,17,33-34H2,1-16H3. The van der Waals surface area contributed by atoms with Crippen LogP contribution in [-0.4, -0.2) is 6.71 Å². The molecule has 67 heavy (non-hydrogen) atoms. The molecule has 0 fully saturated rings. The molecule has 0 atom stereocenters. The Bertz CT molecular complexity index is 2890. The maximum Gasteiger partial charge on any atom is 0.248 e. The van der Waals surface area contributed by atoms with E-state index in [0.29, 0.717) is 0 Å². The molecule has 2 heterocycles. The molecule has 0 saturated heterocycles. The van der Waals surface area contributed by atoms with Crippen molar-refractivity contribution < 1.29 is 4.74 Å². The van der Waals surface area contributed by atoms with Crippen molar-refractivity contribution in [3.8, 4) is 16.9 Å². The third-order valence-electron chi connectivity index (χ3n) is 15.8. The Labute approximate surface area is 404 Å². The molecule has 0 radical (unpaired) electrons. The van der Waals surface area contributed by atoms with Gasteiger partial charge in [0.1, 0.15) is 5.75 Å². The summed E-state index contributed by atoms with van der Waals surface area (Å²) < 4.78 is 7.47. The summed E-state index contributed by atoms with van der Waals surface area (Å²) in [7, 11) is 0. The van der Waals surface area contributed by atoms with E-state index in [9.17, 15) is 0 Å². The van der Waals surface area contributed by atoms with Crippen molar-refractivity contribution in [2.75, 3.05) is 9.80 Å². The van der Waals surface area contributed by atoms with Gasteiger partial charge in [0.15, 0.2) is 5.88 Å². The molecule has 6 aromatic rings. The number of rotatable bonds is 7. The monoisotopic (exact) mass is 887 g/mol. The van der Waals surface area contributed by atoms with Gasteiger partial charge in [-0.05, 0) is 162 Å². The zero-order valence-corrected chi connectivity index (χ0v) is 43.6. The van der Waals surface area contributed by atoms with Gasteiger partial charge in [-0.2, -0.15) is 0 Å². The van der Waals surface area contributed by atoms with E-state index in [4.69, 9.17) is 4.74 Å². The van der Waals surface area contributed by atoms with Gasteiger partial charge in [-0.25, -0.2) is 0 Å². The molecule has 0 N–H and O–H groups in total. The van der Waals surface area contributed by atoms with Crippen molar-refractivity contribution in [2.45, 2.75) is 163 Å². The number of ether oxygens (including phenoxy) is 1. The van der Waals surface area contributed by atoms with Crippen LogP contribution in [0.15, 0.2) is 133 Å². The highest BCUT2D eigenvalue weighted by Gasteiger charge is 2.44. The lowest BCUT2D eigenvalue weighted by Gasteiger charge is -2.44. The summed E-state index contributed by atoms with van der Waals surface area (Å²) in [6.07, 6.45) is 3.38. The molecule has 346 valence electrons. The first kappa shape index (κ1) is 46.6. The van der Waals surface area contributed by atoms with Crippen LogP contribution in [0, 0.1) is 0 Å². The van der Waals surface area contributed by atoms with Crippen molar-refractivity contribution in [1.82, 2.24) is 0 Å². The summed E-state index contributed by atoms with van der Waals surface area (Å²) in [5.41, 5.74) is 19.0. The number of anilines is 5. The first-order chi connectivity index (χ1) is 31.3.